The van der Waals surface area contributed by atoms with Gasteiger partial charge in [-0.25, -0.2) is 4.98 Å². The number of fused-ring (bicyclic) bond motifs is 4. The molecule has 0 saturated carbocycles. The molecule has 10 aromatic rings. The van der Waals surface area contributed by atoms with E-state index in [4.69, 9.17) is 11.8 Å². The van der Waals surface area contributed by atoms with Crippen molar-refractivity contribution in [2.24, 2.45) is 0 Å². The molecule has 284 valence electrons. The molecule has 0 amide bonds. The van der Waals surface area contributed by atoms with Gasteiger partial charge in [-0.05, 0) is 52.4 Å². The average Bonchev–Trinajstić information content (AvgIpc) is 3.89. The molecule has 3 heterocycles. The molecule has 0 unspecified atom stereocenters. The summed E-state index contributed by atoms with van der Waals surface area (Å²) in [5, 5.41) is 2.24. The Morgan fingerprint density at radius 2 is 1.14 bits per heavy atom. The van der Waals surface area contributed by atoms with Crippen molar-refractivity contribution in [1.29, 1.82) is 0 Å². The molecule has 0 bridgehead atoms. The van der Waals surface area contributed by atoms with E-state index in [1.54, 1.807) is 0 Å². The predicted octanol–water partition coefficient (Wildman–Crippen LogP) is 13.9. The van der Waals surface area contributed by atoms with Gasteiger partial charge in [0.05, 0.1) is 6.85 Å². The van der Waals surface area contributed by atoms with Crippen LogP contribution in [0.1, 0.15) is 6.85 Å². The van der Waals surface area contributed by atoms with Crippen molar-refractivity contribution in [2.45, 2.75) is 0 Å². The predicted molar refractivity (Wildman–Crippen MR) is 239 cm³/mol. The maximum Gasteiger partial charge on any atom is 0.136 e. The van der Waals surface area contributed by atoms with Crippen molar-refractivity contribution in [3.05, 3.63) is 225 Å². The van der Waals surface area contributed by atoms with Crippen LogP contribution in [0.4, 0.5) is 22.7 Å². The van der Waals surface area contributed by atoms with Crippen LogP contribution in [0, 0.1) is 18.8 Å². The number of pyridine rings is 1. The Balaban J connectivity index is 0.00000484. The summed E-state index contributed by atoms with van der Waals surface area (Å²) in [5.74, 6) is 0.828. The van der Waals surface area contributed by atoms with Gasteiger partial charge in [-0.1, -0.05) is 138 Å². The van der Waals surface area contributed by atoms with Gasteiger partial charge in [-0.2, -0.15) is 0 Å². The number of rotatable bonds is 7. The van der Waals surface area contributed by atoms with E-state index in [1.165, 1.54) is 0 Å². The van der Waals surface area contributed by atoms with E-state index in [0.717, 1.165) is 78.1 Å². The van der Waals surface area contributed by atoms with Gasteiger partial charge in [-0.3, -0.25) is 0 Å². The van der Waals surface area contributed by atoms with Crippen LogP contribution in [0.2, 0.25) is 0 Å². The first-order chi connectivity index (χ1) is 30.9. The molecule has 0 N–H and O–H groups in total. The first-order valence-electron chi connectivity index (χ1n) is 21.6. The van der Waals surface area contributed by atoms with Crippen LogP contribution in [0.3, 0.4) is 0 Å². The molecule has 0 aliphatic carbocycles. The zero-order valence-electron chi connectivity index (χ0n) is 36.4. The molecule has 1 aliphatic rings. The molecule has 0 atom stereocenters. The maximum atomic E-state index is 9.01. The minimum atomic E-state index is -0.429. The molecule has 2 aromatic heterocycles. The van der Waals surface area contributed by atoms with Crippen LogP contribution < -0.4 is 9.80 Å². The van der Waals surface area contributed by atoms with Gasteiger partial charge in [0.25, 0.3) is 0 Å². The third kappa shape index (κ3) is 6.34. The van der Waals surface area contributed by atoms with E-state index >= 15 is 0 Å². The summed E-state index contributed by atoms with van der Waals surface area (Å²) >= 11 is 0. The van der Waals surface area contributed by atoms with Crippen LogP contribution >= 0.6 is 0 Å². The molecule has 0 saturated heterocycles. The number of hydrogen-bond acceptors (Lipinski definition) is 3. The molecule has 0 fully saturated rings. The molecule has 4 nitrogen and oxygen atoms in total. The summed E-state index contributed by atoms with van der Waals surface area (Å²) in [7, 11) is 0. The first-order valence-corrected chi connectivity index (χ1v) is 19.1. The molecule has 8 aromatic carbocycles. The smallest absolute Gasteiger partial charge is 0.136 e. The van der Waals surface area contributed by atoms with Crippen molar-refractivity contribution < 1.29 is 27.9 Å². The second kappa shape index (κ2) is 15.4. The molecular weight excluding hydrogens is 900 g/mol. The normalized spacial score (nSPS) is 13.3. The Morgan fingerprint density at radius 3 is 1.92 bits per heavy atom. The summed E-state index contributed by atoms with van der Waals surface area (Å²) in [6, 6.07) is 62.7. The van der Waals surface area contributed by atoms with E-state index in [1.807, 2.05) is 116 Å². The Bertz CT molecular complexity index is 3380. The monoisotopic (exact) mass is 939 g/mol. The van der Waals surface area contributed by atoms with Gasteiger partial charge < -0.3 is 14.4 Å². The standard InChI is InChI=1S/C54H35N4.Pt/c1-3-17-38(18-4-1)45-26-16-27-46(39-19-5-2-6-20-39)54(45)57-37-56(50-29-11-12-30-51(50)57)42-22-15-21-40(35-42)43-23-7-8-24-44(43)41-32-33-48-47-25-9-10-28-49(47)58(52(48)36-41)53-31-13-14-34-55-53;/h1-34,37H;/q-3;/i1D,3D,4D,17D,18D;. The van der Waals surface area contributed by atoms with Crippen molar-refractivity contribution >= 4 is 44.6 Å². The van der Waals surface area contributed by atoms with Crippen LogP contribution in [0.25, 0.3) is 72.1 Å². The van der Waals surface area contributed by atoms with Crippen LogP contribution in [-0.2, 0) is 21.1 Å². The molecule has 59 heavy (non-hydrogen) atoms. The summed E-state index contributed by atoms with van der Waals surface area (Å²) in [4.78, 5) is 8.88. The minimum absolute atomic E-state index is 0. The number of para-hydroxylation sites is 4. The SMILES string of the molecule is [2H]c1c([2H])c([2H])c(-c2cccc(-c3ccccc3)c2N2[CH-]N(c3[c-]c(-c4ccccc4-c4[c-]c5c(cc4)c4ccccc4n5-c4ccccn4)ccc3)c3ccccc32)c([2H])c1[2H].[Pt]. The number of nitrogens with zero attached hydrogens (tertiary/aromatic N) is 4. The zero-order valence-corrected chi connectivity index (χ0v) is 33.7. The molecule has 0 spiro atoms. The number of benzene rings is 8. The third-order valence-corrected chi connectivity index (χ3v) is 10.8. The average molecular weight is 940 g/mol. The van der Waals surface area contributed by atoms with E-state index < -0.39 is 6.04 Å². The Labute approximate surface area is 365 Å². The van der Waals surface area contributed by atoms with Crippen LogP contribution in [0.15, 0.2) is 206 Å². The fraction of sp³-hybridized carbons (Fsp3) is 0. The topological polar surface area (TPSA) is 24.3 Å². The van der Waals surface area contributed by atoms with E-state index in [-0.39, 0.29) is 50.8 Å². The van der Waals surface area contributed by atoms with E-state index in [0.29, 0.717) is 11.3 Å². The van der Waals surface area contributed by atoms with Gasteiger partial charge >= 0.3 is 0 Å². The summed E-state index contributed by atoms with van der Waals surface area (Å²) in [6.07, 6.45) is 1.81. The number of anilines is 4. The second-order valence-corrected chi connectivity index (χ2v) is 14.1. The molecule has 11 rings (SSSR count). The van der Waals surface area contributed by atoms with Crippen molar-refractivity contribution in [3.63, 3.8) is 0 Å². The fourth-order valence-corrected chi connectivity index (χ4v) is 8.20. The Morgan fingerprint density at radius 1 is 0.492 bits per heavy atom. The van der Waals surface area contributed by atoms with Gasteiger partial charge in [0, 0.05) is 61.0 Å². The van der Waals surface area contributed by atoms with Crippen molar-refractivity contribution in [2.75, 3.05) is 9.80 Å². The summed E-state index contributed by atoms with van der Waals surface area (Å²) in [5.41, 5.74) is 11.5. The number of hydrogen-bond donors (Lipinski definition) is 0. The Kier molecular flexibility index (Phi) is 8.10. The maximum absolute atomic E-state index is 9.01. The first kappa shape index (κ1) is 31.0. The van der Waals surface area contributed by atoms with Crippen LogP contribution in [-0.4, -0.2) is 9.55 Å². The van der Waals surface area contributed by atoms with Gasteiger partial charge in [0.2, 0.25) is 0 Å². The largest absolute Gasteiger partial charge is 0.488 e. The summed E-state index contributed by atoms with van der Waals surface area (Å²) in [6.45, 7) is 2.00. The van der Waals surface area contributed by atoms with E-state index in [9.17, 15) is 0 Å². The fourth-order valence-electron chi connectivity index (χ4n) is 8.20. The zero-order chi connectivity index (χ0) is 42.8. The molecule has 5 heteroatoms. The number of aromatic nitrogens is 2. The quantitative estimate of drug-likeness (QED) is 0.149. The van der Waals surface area contributed by atoms with Crippen LogP contribution in [0.5, 0.6) is 0 Å². The van der Waals surface area contributed by atoms with Crippen molar-refractivity contribution in [1.82, 2.24) is 9.55 Å². The molecule has 1 aliphatic heterocycles. The van der Waals surface area contributed by atoms with Crippen molar-refractivity contribution in [3.8, 4) is 50.3 Å². The second-order valence-electron chi connectivity index (χ2n) is 14.1. The molecular formula is C54H35N4Pt-3. The Hall–Kier alpha value is -7.00. The van der Waals surface area contributed by atoms with Gasteiger partial charge in [0.1, 0.15) is 5.82 Å². The van der Waals surface area contributed by atoms with Gasteiger partial charge in [0.15, 0.2) is 0 Å². The molecule has 0 radical (unpaired) electrons. The summed E-state index contributed by atoms with van der Waals surface area (Å²) < 4.78 is 45.6. The van der Waals surface area contributed by atoms with Gasteiger partial charge in [-0.15, -0.1) is 83.5 Å². The third-order valence-electron chi connectivity index (χ3n) is 10.8. The minimum Gasteiger partial charge on any atom is -0.488 e. The van der Waals surface area contributed by atoms with E-state index in [2.05, 4.69) is 93.2 Å².